The second kappa shape index (κ2) is 6.54. The van der Waals surface area contributed by atoms with Crippen molar-refractivity contribution in [1.29, 1.82) is 0 Å². The molecule has 0 aliphatic rings. The number of hydrogen-bond donors (Lipinski definition) is 0. The van der Waals surface area contributed by atoms with Crippen molar-refractivity contribution < 1.29 is 9.53 Å². The third kappa shape index (κ3) is 3.99. The second-order valence-electron chi connectivity index (χ2n) is 6.34. The lowest BCUT2D eigenvalue weighted by Crippen LogP contribution is -2.30. The van der Waals surface area contributed by atoms with Crippen molar-refractivity contribution in [3.8, 4) is 5.75 Å². The second-order valence-corrected chi connectivity index (χ2v) is 7.41. The number of rotatable bonds is 3. The average Bonchev–Trinajstić information content (AvgIpc) is 2.75. The van der Waals surface area contributed by atoms with Gasteiger partial charge in [-0.25, -0.2) is 0 Å². The molecule has 0 bridgehead atoms. The van der Waals surface area contributed by atoms with Crippen LogP contribution in [-0.2, 0) is 11.8 Å². The number of thiazole rings is 1. The molecule has 0 amide bonds. The molecule has 0 spiro atoms. The maximum atomic E-state index is 12.3. The quantitative estimate of drug-likeness (QED) is 0.860. The number of ketones is 1. The zero-order valence-corrected chi connectivity index (χ0v) is 14.9. The predicted octanol–water partition coefficient (Wildman–Crippen LogP) is 1.68. The van der Waals surface area contributed by atoms with Crippen LogP contribution in [0.25, 0.3) is 12.2 Å². The van der Waals surface area contributed by atoms with Gasteiger partial charge in [0.05, 0.1) is 11.6 Å². The minimum absolute atomic E-state index is 0.00495. The van der Waals surface area contributed by atoms with Gasteiger partial charge in [-0.05, 0) is 23.8 Å². The molecule has 122 valence electrons. The highest BCUT2D eigenvalue weighted by atomic mass is 32.1. The molecule has 1 aromatic heterocycles. The summed E-state index contributed by atoms with van der Waals surface area (Å²) in [6, 6.07) is 7.48. The summed E-state index contributed by atoms with van der Waals surface area (Å²) >= 11 is 1.32. The van der Waals surface area contributed by atoms with Crippen LogP contribution in [0, 0.1) is 5.41 Å². The van der Waals surface area contributed by atoms with Gasteiger partial charge in [-0.15, -0.1) is 11.3 Å². The number of carbonyl (C=O) groups excluding carboxylic acids is 1. The van der Waals surface area contributed by atoms with Crippen molar-refractivity contribution >= 4 is 29.3 Å². The number of aromatic nitrogens is 1. The Kier molecular flexibility index (Phi) is 4.90. The first-order valence-corrected chi connectivity index (χ1v) is 8.12. The maximum absolute atomic E-state index is 12.3. The Morgan fingerprint density at radius 2 is 1.83 bits per heavy atom. The van der Waals surface area contributed by atoms with E-state index < -0.39 is 5.41 Å². The fourth-order valence-electron chi connectivity index (χ4n) is 1.89. The molecule has 0 fully saturated rings. The zero-order chi connectivity index (χ0) is 17.2. The Morgan fingerprint density at radius 3 is 2.35 bits per heavy atom. The first-order valence-electron chi connectivity index (χ1n) is 7.30. The molecule has 0 N–H and O–H groups in total. The van der Waals surface area contributed by atoms with E-state index in [1.165, 1.54) is 15.9 Å². The smallest absolute Gasteiger partial charge is 0.268 e. The summed E-state index contributed by atoms with van der Waals surface area (Å²) in [4.78, 5) is 24.5. The number of Topliss-reactive ketones (excluding diaryl/α,β-unsaturated/α-hetero) is 1. The Bertz CT molecular complexity index is 880. The lowest BCUT2D eigenvalue weighted by atomic mass is 9.91. The molecule has 0 radical (unpaired) electrons. The monoisotopic (exact) mass is 331 g/mol. The number of nitrogens with zero attached hydrogens (tertiary/aromatic N) is 1. The van der Waals surface area contributed by atoms with Crippen molar-refractivity contribution in [3.05, 3.63) is 49.4 Å². The summed E-state index contributed by atoms with van der Waals surface area (Å²) in [6.07, 6.45) is 3.38. The molecule has 2 aromatic rings. The number of methoxy groups -OCH3 is 1. The van der Waals surface area contributed by atoms with Crippen LogP contribution in [-0.4, -0.2) is 17.5 Å². The summed E-state index contributed by atoms with van der Waals surface area (Å²) in [5, 5.41) is 0. The molecular formula is C18H21NO3S. The van der Waals surface area contributed by atoms with Gasteiger partial charge in [-0.1, -0.05) is 32.9 Å². The van der Waals surface area contributed by atoms with E-state index in [2.05, 4.69) is 0 Å². The Balaban J connectivity index is 2.51. The van der Waals surface area contributed by atoms with Gasteiger partial charge in [0.1, 0.15) is 10.4 Å². The van der Waals surface area contributed by atoms with Gasteiger partial charge in [-0.2, -0.15) is 0 Å². The van der Waals surface area contributed by atoms with Crippen LogP contribution in [0.2, 0.25) is 0 Å². The average molecular weight is 331 g/mol. The Morgan fingerprint density at radius 1 is 1.22 bits per heavy atom. The normalized spacial score (nSPS) is 13.4. The molecule has 0 saturated carbocycles. The van der Waals surface area contributed by atoms with Gasteiger partial charge in [0, 0.05) is 18.5 Å². The predicted molar refractivity (Wildman–Crippen MR) is 94.3 cm³/mol. The van der Waals surface area contributed by atoms with Gasteiger partial charge in [0.15, 0.2) is 5.78 Å². The molecule has 2 rings (SSSR count). The van der Waals surface area contributed by atoms with E-state index in [1.54, 1.807) is 20.2 Å². The summed E-state index contributed by atoms with van der Waals surface area (Å²) in [6.45, 7) is 5.59. The van der Waals surface area contributed by atoms with E-state index >= 15 is 0 Å². The lowest BCUT2D eigenvalue weighted by molar-refractivity contribution is -0.120. The van der Waals surface area contributed by atoms with Gasteiger partial charge >= 0.3 is 0 Å². The molecular weight excluding hydrogens is 310 g/mol. The van der Waals surface area contributed by atoms with Gasteiger partial charge in [0.25, 0.3) is 5.56 Å². The fraction of sp³-hybridized carbons (Fsp3) is 0.333. The van der Waals surface area contributed by atoms with Crippen LogP contribution in [0.5, 0.6) is 5.75 Å². The molecule has 0 atom stereocenters. The first-order chi connectivity index (χ1) is 10.7. The summed E-state index contributed by atoms with van der Waals surface area (Å²) in [7, 11) is 3.30. The van der Waals surface area contributed by atoms with E-state index in [0.29, 0.717) is 9.20 Å². The Labute approximate surface area is 139 Å². The highest BCUT2D eigenvalue weighted by Crippen LogP contribution is 2.15. The summed E-state index contributed by atoms with van der Waals surface area (Å²) in [5.41, 5.74) is 0.358. The van der Waals surface area contributed by atoms with Crippen molar-refractivity contribution in [3.63, 3.8) is 0 Å². The van der Waals surface area contributed by atoms with E-state index in [4.69, 9.17) is 4.74 Å². The van der Waals surface area contributed by atoms with Crippen LogP contribution in [0.4, 0.5) is 0 Å². The SMILES string of the molecule is COc1ccc(/C=c2\s/c(=C\C(=O)C(C)(C)C)n(C)c2=O)cc1. The molecule has 5 heteroatoms. The zero-order valence-electron chi connectivity index (χ0n) is 14.0. The number of hydrogen-bond acceptors (Lipinski definition) is 4. The van der Waals surface area contributed by atoms with Crippen LogP contribution in [0.1, 0.15) is 26.3 Å². The third-order valence-electron chi connectivity index (χ3n) is 3.47. The minimum atomic E-state index is -0.458. The molecule has 1 aromatic carbocycles. The molecule has 4 nitrogen and oxygen atoms in total. The minimum Gasteiger partial charge on any atom is -0.497 e. The molecule has 0 unspecified atom stereocenters. The Hall–Kier alpha value is -2.14. The van der Waals surface area contributed by atoms with E-state index in [-0.39, 0.29) is 11.3 Å². The first kappa shape index (κ1) is 17.2. The van der Waals surface area contributed by atoms with Crippen molar-refractivity contribution in [1.82, 2.24) is 4.57 Å². The molecule has 1 heterocycles. The fourth-order valence-corrected chi connectivity index (χ4v) is 2.92. The standard InChI is InChI=1S/C18H21NO3S/c1-18(2,3)15(20)11-16-19(4)17(21)14(23-16)10-12-6-8-13(22-5)9-7-12/h6-11H,1-5H3/b14-10-,16-11-. The van der Waals surface area contributed by atoms with Gasteiger partial charge in [0.2, 0.25) is 0 Å². The summed E-state index contributed by atoms with van der Waals surface area (Å²) < 4.78 is 7.90. The van der Waals surface area contributed by atoms with Gasteiger partial charge < -0.3 is 9.30 Å². The van der Waals surface area contributed by atoms with E-state index in [1.807, 2.05) is 51.1 Å². The van der Waals surface area contributed by atoms with Crippen molar-refractivity contribution in [2.24, 2.45) is 12.5 Å². The topological polar surface area (TPSA) is 48.3 Å². The largest absolute Gasteiger partial charge is 0.497 e. The third-order valence-corrected chi connectivity index (χ3v) is 4.58. The van der Waals surface area contributed by atoms with E-state index in [0.717, 1.165) is 11.3 Å². The van der Waals surface area contributed by atoms with Crippen LogP contribution >= 0.6 is 11.3 Å². The van der Waals surface area contributed by atoms with Crippen molar-refractivity contribution in [2.45, 2.75) is 20.8 Å². The van der Waals surface area contributed by atoms with Crippen LogP contribution in [0.15, 0.2) is 29.1 Å². The number of benzene rings is 1. The van der Waals surface area contributed by atoms with Gasteiger partial charge in [-0.3, -0.25) is 9.59 Å². The van der Waals surface area contributed by atoms with E-state index in [9.17, 15) is 9.59 Å². The number of carbonyl (C=O) groups is 1. The van der Waals surface area contributed by atoms with Crippen molar-refractivity contribution in [2.75, 3.05) is 7.11 Å². The highest BCUT2D eigenvalue weighted by molar-refractivity contribution is 7.07. The lowest BCUT2D eigenvalue weighted by Gasteiger charge is -2.12. The molecule has 0 saturated heterocycles. The molecule has 0 aliphatic carbocycles. The molecule has 0 aliphatic heterocycles. The highest BCUT2D eigenvalue weighted by Gasteiger charge is 2.19. The van der Waals surface area contributed by atoms with Crippen LogP contribution in [0.3, 0.4) is 0 Å². The maximum Gasteiger partial charge on any atom is 0.268 e. The van der Waals surface area contributed by atoms with Crippen LogP contribution < -0.4 is 19.5 Å². The summed E-state index contributed by atoms with van der Waals surface area (Å²) in [5.74, 6) is 0.774. The molecule has 23 heavy (non-hydrogen) atoms. The number of ether oxygens (including phenoxy) is 1.